The fourth-order valence-corrected chi connectivity index (χ4v) is 2.45. The van der Waals surface area contributed by atoms with Gasteiger partial charge < -0.3 is 15.0 Å². The van der Waals surface area contributed by atoms with Crippen molar-refractivity contribution in [1.29, 1.82) is 0 Å². The Labute approximate surface area is 128 Å². The summed E-state index contributed by atoms with van der Waals surface area (Å²) in [5, 5.41) is 2.94. The van der Waals surface area contributed by atoms with Crippen LogP contribution in [0.5, 0.6) is 0 Å². The van der Waals surface area contributed by atoms with E-state index in [1.807, 2.05) is 0 Å². The van der Waals surface area contributed by atoms with Gasteiger partial charge in [0.1, 0.15) is 0 Å². The Kier molecular flexibility index (Phi) is 8.08. The number of urea groups is 1. The van der Waals surface area contributed by atoms with E-state index in [0.717, 1.165) is 26.2 Å². The number of carbonyl (C=O) groups excluding carboxylic acids is 1. The molecule has 1 saturated heterocycles. The van der Waals surface area contributed by atoms with Gasteiger partial charge in [0.05, 0.1) is 12.7 Å². The molecule has 1 aliphatic heterocycles. The monoisotopic (exact) mass is 295 g/mol. The molecule has 0 aromatic rings. The first-order valence-electron chi connectivity index (χ1n) is 7.65. The molecule has 1 rings (SSSR count). The van der Waals surface area contributed by atoms with E-state index in [2.05, 4.69) is 37.2 Å². The van der Waals surface area contributed by atoms with E-state index < -0.39 is 0 Å². The number of hydrogen-bond acceptors (Lipinski definition) is 3. The molecule has 1 atom stereocenters. The van der Waals surface area contributed by atoms with Gasteiger partial charge in [0.25, 0.3) is 0 Å². The number of nitrogens with one attached hydrogen (secondary N) is 1. The first-order chi connectivity index (χ1) is 10.1. The second kappa shape index (κ2) is 9.58. The Morgan fingerprint density at radius 2 is 2.10 bits per heavy atom. The second-order valence-electron chi connectivity index (χ2n) is 5.81. The van der Waals surface area contributed by atoms with E-state index in [1.165, 1.54) is 0 Å². The Morgan fingerprint density at radius 1 is 1.43 bits per heavy atom. The molecule has 2 amide bonds. The van der Waals surface area contributed by atoms with Crippen molar-refractivity contribution in [2.45, 2.75) is 20.0 Å². The van der Waals surface area contributed by atoms with Gasteiger partial charge in [-0.1, -0.05) is 26.0 Å². The predicted molar refractivity (Wildman–Crippen MR) is 86.4 cm³/mol. The Bertz CT molecular complexity index is 334. The lowest BCUT2D eigenvalue weighted by molar-refractivity contribution is -0.0293. The van der Waals surface area contributed by atoms with Gasteiger partial charge in [-0.3, -0.25) is 4.90 Å². The molecule has 0 aromatic carbocycles. The van der Waals surface area contributed by atoms with E-state index in [0.29, 0.717) is 25.6 Å². The minimum atomic E-state index is -0.0978. The summed E-state index contributed by atoms with van der Waals surface area (Å²) in [7, 11) is 0. The van der Waals surface area contributed by atoms with Crippen molar-refractivity contribution in [1.82, 2.24) is 15.1 Å². The molecule has 5 heteroatoms. The van der Waals surface area contributed by atoms with Crippen molar-refractivity contribution in [2.24, 2.45) is 5.92 Å². The highest BCUT2D eigenvalue weighted by atomic mass is 16.5. The summed E-state index contributed by atoms with van der Waals surface area (Å²) in [5.41, 5.74) is 0. The lowest BCUT2D eigenvalue weighted by Crippen LogP contribution is -2.50. The van der Waals surface area contributed by atoms with Crippen LogP contribution < -0.4 is 5.32 Å². The Hall–Kier alpha value is -1.33. The van der Waals surface area contributed by atoms with Crippen LogP contribution in [-0.2, 0) is 4.74 Å². The Morgan fingerprint density at radius 3 is 2.67 bits per heavy atom. The highest BCUT2D eigenvalue weighted by molar-refractivity contribution is 5.74. The van der Waals surface area contributed by atoms with Gasteiger partial charge >= 0.3 is 6.03 Å². The van der Waals surface area contributed by atoms with Crippen molar-refractivity contribution in [2.75, 3.05) is 45.9 Å². The van der Waals surface area contributed by atoms with Crippen molar-refractivity contribution < 1.29 is 9.53 Å². The van der Waals surface area contributed by atoms with Gasteiger partial charge in [-0.25, -0.2) is 4.79 Å². The van der Waals surface area contributed by atoms with E-state index in [9.17, 15) is 4.79 Å². The molecule has 1 aliphatic rings. The number of nitrogens with zero attached hydrogens (tertiary/aromatic N) is 2. The standard InChI is InChI=1S/C16H29N3O2/c1-5-7-19(8-6-2)16(20)17-11-15-13-18(9-10-21-15)12-14(3)4/h5-6,14-15H,1-2,7-13H2,3-4H3,(H,17,20). The number of ether oxygens (including phenoxy) is 1. The molecule has 1 heterocycles. The maximum absolute atomic E-state index is 12.1. The highest BCUT2D eigenvalue weighted by Crippen LogP contribution is 2.07. The number of carbonyl (C=O) groups is 1. The van der Waals surface area contributed by atoms with E-state index in [1.54, 1.807) is 17.1 Å². The summed E-state index contributed by atoms with van der Waals surface area (Å²) in [4.78, 5) is 16.1. The van der Waals surface area contributed by atoms with Crippen LogP contribution in [-0.4, -0.2) is 67.8 Å². The molecular formula is C16H29N3O2. The van der Waals surface area contributed by atoms with Crippen molar-refractivity contribution in [3.63, 3.8) is 0 Å². The van der Waals surface area contributed by atoms with Gasteiger partial charge in [-0.05, 0) is 5.92 Å². The third-order valence-corrected chi connectivity index (χ3v) is 3.31. The minimum absolute atomic E-state index is 0.0655. The lowest BCUT2D eigenvalue weighted by Gasteiger charge is -2.34. The molecular weight excluding hydrogens is 266 g/mol. The molecule has 0 aromatic heterocycles. The van der Waals surface area contributed by atoms with Crippen LogP contribution in [0.3, 0.4) is 0 Å². The molecule has 0 bridgehead atoms. The van der Waals surface area contributed by atoms with Crippen molar-refractivity contribution in [3.05, 3.63) is 25.3 Å². The molecule has 0 radical (unpaired) electrons. The number of morpholine rings is 1. The van der Waals surface area contributed by atoms with Crippen LogP contribution in [0.25, 0.3) is 0 Å². The average molecular weight is 295 g/mol. The van der Waals surface area contributed by atoms with Crippen LogP contribution in [0.1, 0.15) is 13.8 Å². The molecule has 21 heavy (non-hydrogen) atoms. The number of rotatable bonds is 8. The van der Waals surface area contributed by atoms with Gasteiger partial charge in [-0.15, -0.1) is 13.2 Å². The summed E-state index contributed by atoms with van der Waals surface area (Å²) in [6, 6.07) is -0.0978. The molecule has 120 valence electrons. The van der Waals surface area contributed by atoms with Crippen LogP contribution in [0.4, 0.5) is 4.79 Å². The molecule has 0 aliphatic carbocycles. The quantitative estimate of drug-likeness (QED) is 0.694. The van der Waals surface area contributed by atoms with E-state index in [4.69, 9.17) is 4.74 Å². The fraction of sp³-hybridized carbons (Fsp3) is 0.688. The summed E-state index contributed by atoms with van der Waals surface area (Å²) < 4.78 is 5.72. The van der Waals surface area contributed by atoms with E-state index in [-0.39, 0.29) is 12.1 Å². The highest BCUT2D eigenvalue weighted by Gasteiger charge is 2.22. The van der Waals surface area contributed by atoms with Crippen LogP contribution >= 0.6 is 0 Å². The first-order valence-corrected chi connectivity index (χ1v) is 7.65. The topological polar surface area (TPSA) is 44.8 Å². The third-order valence-electron chi connectivity index (χ3n) is 3.31. The molecule has 0 spiro atoms. The summed E-state index contributed by atoms with van der Waals surface area (Å²) in [5.74, 6) is 0.647. The van der Waals surface area contributed by atoms with Gasteiger partial charge in [0.15, 0.2) is 0 Å². The predicted octanol–water partition coefficient (Wildman–Crippen LogP) is 1.73. The van der Waals surface area contributed by atoms with Gasteiger partial charge in [-0.2, -0.15) is 0 Å². The SMILES string of the molecule is C=CCN(CC=C)C(=O)NCC1CN(CC(C)C)CCO1. The summed E-state index contributed by atoms with van der Waals surface area (Å²) in [6.07, 6.45) is 3.49. The van der Waals surface area contributed by atoms with Crippen molar-refractivity contribution >= 4 is 6.03 Å². The van der Waals surface area contributed by atoms with E-state index >= 15 is 0 Å². The summed E-state index contributed by atoms with van der Waals surface area (Å²) >= 11 is 0. The van der Waals surface area contributed by atoms with Gasteiger partial charge in [0, 0.05) is 39.3 Å². The molecule has 0 saturated carbocycles. The maximum atomic E-state index is 12.1. The van der Waals surface area contributed by atoms with Gasteiger partial charge in [0.2, 0.25) is 0 Å². The fourth-order valence-electron chi connectivity index (χ4n) is 2.45. The first kappa shape index (κ1) is 17.7. The number of amides is 2. The largest absolute Gasteiger partial charge is 0.374 e. The summed E-state index contributed by atoms with van der Waals surface area (Å²) in [6.45, 7) is 17.0. The van der Waals surface area contributed by atoms with Crippen LogP contribution in [0, 0.1) is 5.92 Å². The van der Waals surface area contributed by atoms with Crippen LogP contribution in [0.2, 0.25) is 0 Å². The molecule has 1 unspecified atom stereocenters. The van der Waals surface area contributed by atoms with Crippen LogP contribution in [0.15, 0.2) is 25.3 Å². The molecule has 1 N–H and O–H groups in total. The minimum Gasteiger partial charge on any atom is -0.374 e. The number of hydrogen-bond donors (Lipinski definition) is 1. The second-order valence-corrected chi connectivity index (χ2v) is 5.81. The Balaban J connectivity index is 2.37. The average Bonchev–Trinajstić information content (AvgIpc) is 2.44. The molecule has 1 fully saturated rings. The molecule has 5 nitrogen and oxygen atoms in total. The van der Waals surface area contributed by atoms with Crippen molar-refractivity contribution in [3.8, 4) is 0 Å². The zero-order valence-corrected chi connectivity index (χ0v) is 13.4. The maximum Gasteiger partial charge on any atom is 0.318 e. The zero-order chi connectivity index (χ0) is 15.7. The lowest BCUT2D eigenvalue weighted by atomic mass is 10.2. The zero-order valence-electron chi connectivity index (χ0n) is 13.4. The smallest absolute Gasteiger partial charge is 0.318 e. The third kappa shape index (κ3) is 6.78. The normalized spacial score (nSPS) is 19.3.